The van der Waals surface area contributed by atoms with Gasteiger partial charge in [-0.3, -0.25) is 4.79 Å². The van der Waals surface area contributed by atoms with E-state index in [-0.39, 0.29) is 5.91 Å². The third kappa shape index (κ3) is 3.61. The minimum atomic E-state index is 0.226. The minimum Gasteiger partial charge on any atom is -0.361 e. The second kappa shape index (κ2) is 7.10. The van der Waals surface area contributed by atoms with Crippen LogP contribution in [-0.4, -0.2) is 35.4 Å². The zero-order chi connectivity index (χ0) is 14.4. The Hall–Kier alpha value is -1.81. The van der Waals surface area contributed by atoms with Crippen LogP contribution >= 0.6 is 0 Å². The average molecular weight is 273 g/mol. The highest BCUT2D eigenvalue weighted by Crippen LogP contribution is 2.13. The summed E-state index contributed by atoms with van der Waals surface area (Å²) in [5.74, 6) is 0.226. The number of carbonyl (C=O) groups excluding carboxylic acids is 1. The number of nitrogens with one attached hydrogen (secondary N) is 2. The lowest BCUT2D eigenvalue weighted by molar-refractivity contribution is -0.130. The van der Waals surface area contributed by atoms with E-state index in [4.69, 9.17) is 0 Å². The molecule has 4 nitrogen and oxygen atoms in total. The number of benzene rings is 1. The molecule has 1 aromatic carbocycles. The van der Waals surface area contributed by atoms with Gasteiger partial charge in [-0.1, -0.05) is 6.07 Å². The molecule has 1 amide bonds. The largest absolute Gasteiger partial charge is 0.361 e. The van der Waals surface area contributed by atoms with Crippen LogP contribution in [0.15, 0.2) is 30.5 Å². The lowest BCUT2D eigenvalue weighted by Crippen LogP contribution is -2.32. The number of hydrogen-bond acceptors (Lipinski definition) is 2. The Bertz CT molecular complexity index is 558. The van der Waals surface area contributed by atoms with Crippen molar-refractivity contribution in [3.63, 3.8) is 0 Å². The van der Waals surface area contributed by atoms with Crippen LogP contribution in [0.2, 0.25) is 0 Å². The molecule has 1 aromatic heterocycles. The first-order valence-corrected chi connectivity index (χ1v) is 7.29. The Morgan fingerprint density at radius 1 is 1.25 bits per heavy atom. The molecule has 0 radical (unpaired) electrons. The summed E-state index contributed by atoms with van der Waals surface area (Å²) in [6.45, 7) is 7.13. The van der Waals surface area contributed by atoms with Crippen molar-refractivity contribution in [3.8, 4) is 0 Å². The van der Waals surface area contributed by atoms with Gasteiger partial charge >= 0.3 is 0 Å². The van der Waals surface area contributed by atoms with Gasteiger partial charge in [0, 0.05) is 44.3 Å². The number of H-pyrrole nitrogens is 1. The fourth-order valence-corrected chi connectivity index (χ4v) is 2.38. The molecule has 20 heavy (non-hydrogen) atoms. The van der Waals surface area contributed by atoms with Gasteiger partial charge in [0.25, 0.3) is 0 Å². The molecule has 4 heteroatoms. The van der Waals surface area contributed by atoms with Crippen LogP contribution in [0.3, 0.4) is 0 Å². The Morgan fingerprint density at radius 3 is 2.80 bits per heavy atom. The van der Waals surface area contributed by atoms with E-state index in [2.05, 4.69) is 34.6 Å². The second-order valence-electron chi connectivity index (χ2n) is 4.89. The maximum absolute atomic E-state index is 11.8. The molecular weight excluding hydrogens is 250 g/mol. The third-order valence-electron chi connectivity index (χ3n) is 3.58. The van der Waals surface area contributed by atoms with Crippen molar-refractivity contribution < 1.29 is 4.79 Å². The predicted octanol–water partition coefficient (Wildman–Crippen LogP) is 2.52. The molecule has 0 unspecified atom stereocenters. The van der Waals surface area contributed by atoms with Gasteiger partial charge in [0.2, 0.25) is 5.91 Å². The Morgan fingerprint density at radius 2 is 2.05 bits per heavy atom. The van der Waals surface area contributed by atoms with E-state index in [9.17, 15) is 4.79 Å². The molecule has 0 fully saturated rings. The average Bonchev–Trinajstić information content (AvgIpc) is 2.92. The summed E-state index contributed by atoms with van der Waals surface area (Å²) < 4.78 is 0. The molecule has 1 heterocycles. The Kier molecular flexibility index (Phi) is 5.18. The van der Waals surface area contributed by atoms with Crippen molar-refractivity contribution in [1.29, 1.82) is 0 Å². The highest BCUT2D eigenvalue weighted by Gasteiger charge is 2.08. The van der Waals surface area contributed by atoms with Gasteiger partial charge in [0.1, 0.15) is 0 Å². The smallest absolute Gasteiger partial charge is 0.223 e. The quantitative estimate of drug-likeness (QED) is 0.762. The minimum absolute atomic E-state index is 0.226. The molecular formula is C16H23N3O. The van der Waals surface area contributed by atoms with Crippen LogP contribution in [0.4, 0.5) is 0 Å². The molecule has 0 aliphatic heterocycles. The number of nitrogens with zero attached hydrogens (tertiary/aromatic N) is 1. The molecule has 2 N–H and O–H groups in total. The summed E-state index contributed by atoms with van der Waals surface area (Å²) in [6.07, 6.45) is 2.51. The van der Waals surface area contributed by atoms with E-state index in [0.717, 1.165) is 31.7 Å². The van der Waals surface area contributed by atoms with Crippen LogP contribution < -0.4 is 5.32 Å². The lowest BCUT2D eigenvalue weighted by atomic mass is 10.1. The van der Waals surface area contributed by atoms with Crippen LogP contribution in [-0.2, 0) is 11.3 Å². The molecule has 0 aliphatic rings. The number of hydrogen-bond donors (Lipinski definition) is 2. The normalized spacial score (nSPS) is 10.9. The van der Waals surface area contributed by atoms with Crippen LogP contribution in [0, 0.1) is 0 Å². The van der Waals surface area contributed by atoms with Gasteiger partial charge < -0.3 is 15.2 Å². The highest BCUT2D eigenvalue weighted by atomic mass is 16.2. The molecule has 0 bridgehead atoms. The van der Waals surface area contributed by atoms with E-state index < -0.39 is 0 Å². The molecule has 0 atom stereocenters. The van der Waals surface area contributed by atoms with E-state index in [1.54, 1.807) is 0 Å². The van der Waals surface area contributed by atoms with Crippen LogP contribution in [0.5, 0.6) is 0 Å². The maximum Gasteiger partial charge on any atom is 0.223 e. The van der Waals surface area contributed by atoms with Gasteiger partial charge in [0.15, 0.2) is 0 Å². The summed E-state index contributed by atoms with van der Waals surface area (Å²) >= 11 is 0. The number of amides is 1. The standard InChI is InChI=1S/C16H23N3O/c1-3-19(4-2)16(20)8-9-17-12-13-5-6-15-14(11-13)7-10-18-15/h5-7,10-11,17-18H,3-4,8-9,12H2,1-2H3. The van der Waals surface area contributed by atoms with E-state index in [1.807, 2.05) is 24.9 Å². The first-order chi connectivity index (χ1) is 9.74. The molecule has 108 valence electrons. The van der Waals surface area contributed by atoms with Crippen LogP contribution in [0.25, 0.3) is 10.9 Å². The Balaban J connectivity index is 1.76. The van der Waals surface area contributed by atoms with E-state index in [0.29, 0.717) is 6.42 Å². The molecule has 2 aromatic rings. The molecule has 0 saturated heterocycles. The number of aromatic amines is 1. The lowest BCUT2D eigenvalue weighted by Gasteiger charge is -2.18. The zero-order valence-corrected chi connectivity index (χ0v) is 12.3. The van der Waals surface area contributed by atoms with Gasteiger partial charge in [-0.05, 0) is 43.0 Å². The molecule has 0 spiro atoms. The third-order valence-corrected chi connectivity index (χ3v) is 3.58. The van der Waals surface area contributed by atoms with Crippen molar-refractivity contribution in [2.45, 2.75) is 26.8 Å². The van der Waals surface area contributed by atoms with Gasteiger partial charge in [-0.2, -0.15) is 0 Å². The summed E-state index contributed by atoms with van der Waals surface area (Å²) in [7, 11) is 0. The number of carbonyl (C=O) groups is 1. The first kappa shape index (κ1) is 14.6. The van der Waals surface area contributed by atoms with Gasteiger partial charge in [-0.15, -0.1) is 0 Å². The van der Waals surface area contributed by atoms with Crippen molar-refractivity contribution in [3.05, 3.63) is 36.0 Å². The molecule has 0 aliphatic carbocycles. The van der Waals surface area contributed by atoms with Crippen molar-refractivity contribution in [2.75, 3.05) is 19.6 Å². The van der Waals surface area contributed by atoms with Crippen molar-refractivity contribution in [2.24, 2.45) is 0 Å². The molecule has 2 rings (SSSR count). The van der Waals surface area contributed by atoms with E-state index >= 15 is 0 Å². The van der Waals surface area contributed by atoms with Gasteiger partial charge in [-0.25, -0.2) is 0 Å². The predicted molar refractivity (Wildman–Crippen MR) is 82.6 cm³/mol. The van der Waals surface area contributed by atoms with E-state index in [1.165, 1.54) is 10.9 Å². The Labute approximate surface area is 120 Å². The summed E-state index contributed by atoms with van der Waals surface area (Å²) in [5, 5.41) is 4.56. The number of fused-ring (bicyclic) bond motifs is 1. The number of aromatic nitrogens is 1. The second-order valence-corrected chi connectivity index (χ2v) is 4.89. The number of rotatable bonds is 7. The first-order valence-electron chi connectivity index (χ1n) is 7.29. The maximum atomic E-state index is 11.8. The summed E-state index contributed by atoms with van der Waals surface area (Å²) in [5.41, 5.74) is 2.40. The van der Waals surface area contributed by atoms with Crippen LogP contribution in [0.1, 0.15) is 25.8 Å². The molecule has 0 saturated carbocycles. The van der Waals surface area contributed by atoms with Crippen molar-refractivity contribution >= 4 is 16.8 Å². The summed E-state index contributed by atoms with van der Waals surface area (Å²) in [4.78, 5) is 16.9. The summed E-state index contributed by atoms with van der Waals surface area (Å²) in [6, 6.07) is 8.44. The topological polar surface area (TPSA) is 48.1 Å². The SMILES string of the molecule is CCN(CC)C(=O)CCNCc1ccc2[nH]ccc2c1. The fourth-order valence-electron chi connectivity index (χ4n) is 2.38. The zero-order valence-electron chi connectivity index (χ0n) is 12.3. The highest BCUT2D eigenvalue weighted by molar-refractivity contribution is 5.79. The monoisotopic (exact) mass is 273 g/mol. The van der Waals surface area contributed by atoms with Gasteiger partial charge in [0.05, 0.1) is 0 Å². The van der Waals surface area contributed by atoms with Crippen molar-refractivity contribution in [1.82, 2.24) is 15.2 Å². The fraction of sp³-hybridized carbons (Fsp3) is 0.438.